The molecule has 2 N–H and O–H groups in total. The lowest BCUT2D eigenvalue weighted by Gasteiger charge is -2.55. The second-order valence-electron chi connectivity index (χ2n) is 8.58. The second-order valence-corrected chi connectivity index (χ2v) is 8.58. The monoisotopic (exact) mass is 394 g/mol. The molecule has 2 aromatic rings. The summed E-state index contributed by atoms with van der Waals surface area (Å²) in [5.41, 5.74) is 1.70. The van der Waals surface area contributed by atoms with Crippen LogP contribution in [0.25, 0.3) is 0 Å². The van der Waals surface area contributed by atoms with Crippen molar-refractivity contribution in [3.05, 3.63) is 65.7 Å². The van der Waals surface area contributed by atoms with Crippen LogP contribution in [0.3, 0.4) is 0 Å². The first kappa shape index (κ1) is 19.9. The molecule has 0 spiro atoms. The summed E-state index contributed by atoms with van der Waals surface area (Å²) in [6.07, 6.45) is 2.69. The smallest absolute Gasteiger partial charge is 0.251 e. The summed E-state index contributed by atoms with van der Waals surface area (Å²) in [7, 11) is 3.93. The van der Waals surface area contributed by atoms with Gasteiger partial charge < -0.3 is 20.1 Å². The number of methoxy groups -OCH3 is 1. The number of fused-ring (bicyclic) bond motifs is 1. The molecule has 1 amide bonds. The lowest BCUT2D eigenvalue weighted by molar-refractivity contribution is -0.0629. The Labute approximate surface area is 172 Å². The minimum atomic E-state index is -0.126. The number of aromatic hydroxyl groups is 1. The maximum Gasteiger partial charge on any atom is 0.251 e. The number of amides is 1. The van der Waals surface area contributed by atoms with Crippen molar-refractivity contribution in [2.24, 2.45) is 5.92 Å². The van der Waals surface area contributed by atoms with Crippen LogP contribution in [0.4, 0.5) is 0 Å². The number of carbonyl (C=O) groups is 1. The summed E-state index contributed by atoms with van der Waals surface area (Å²) in [6.45, 7) is 1.94. The number of nitrogens with one attached hydrogen (secondary N) is 1. The number of hydrogen-bond donors (Lipinski definition) is 2. The van der Waals surface area contributed by atoms with Gasteiger partial charge in [0, 0.05) is 36.6 Å². The number of carbonyl (C=O) groups excluding carboxylic acids is 1. The molecule has 0 bridgehead atoms. The van der Waals surface area contributed by atoms with E-state index in [2.05, 4.69) is 23.3 Å². The van der Waals surface area contributed by atoms with E-state index >= 15 is 0 Å². The van der Waals surface area contributed by atoms with Crippen molar-refractivity contribution in [2.45, 2.75) is 36.8 Å². The van der Waals surface area contributed by atoms with E-state index in [1.807, 2.05) is 42.5 Å². The Hall–Kier alpha value is -2.37. The van der Waals surface area contributed by atoms with Gasteiger partial charge in [0.1, 0.15) is 5.75 Å². The van der Waals surface area contributed by atoms with Crippen LogP contribution in [0.1, 0.15) is 35.2 Å². The average Bonchev–Trinajstić information content (AvgIpc) is 2.74. The van der Waals surface area contributed by atoms with Crippen LogP contribution in [-0.2, 0) is 10.2 Å². The van der Waals surface area contributed by atoms with Crippen molar-refractivity contribution in [3.63, 3.8) is 0 Å². The Morgan fingerprint density at radius 3 is 2.72 bits per heavy atom. The molecule has 1 heterocycles. The topological polar surface area (TPSA) is 61.8 Å². The van der Waals surface area contributed by atoms with Gasteiger partial charge in [0.15, 0.2) is 0 Å². The third-order valence-corrected chi connectivity index (χ3v) is 6.83. The predicted octanol–water partition coefficient (Wildman–Crippen LogP) is 3.19. The summed E-state index contributed by atoms with van der Waals surface area (Å²) >= 11 is 0. The second kappa shape index (κ2) is 8.17. The largest absolute Gasteiger partial charge is 0.508 e. The quantitative estimate of drug-likeness (QED) is 0.836. The summed E-state index contributed by atoms with van der Waals surface area (Å²) in [4.78, 5) is 15.2. The van der Waals surface area contributed by atoms with Crippen LogP contribution in [0.15, 0.2) is 54.6 Å². The highest BCUT2D eigenvalue weighted by Gasteiger charge is 2.52. The molecule has 1 aliphatic heterocycles. The number of rotatable bonds is 4. The van der Waals surface area contributed by atoms with E-state index < -0.39 is 0 Å². The van der Waals surface area contributed by atoms with Crippen molar-refractivity contribution in [3.8, 4) is 5.75 Å². The molecule has 1 saturated carbocycles. The van der Waals surface area contributed by atoms with E-state index in [0.717, 1.165) is 37.9 Å². The van der Waals surface area contributed by atoms with Gasteiger partial charge in [-0.1, -0.05) is 30.3 Å². The highest BCUT2D eigenvalue weighted by Crippen LogP contribution is 2.50. The first-order valence-electron chi connectivity index (χ1n) is 10.4. The van der Waals surface area contributed by atoms with Crippen molar-refractivity contribution < 1.29 is 14.6 Å². The van der Waals surface area contributed by atoms with Crippen molar-refractivity contribution in [1.29, 1.82) is 0 Å². The molecule has 3 unspecified atom stereocenters. The van der Waals surface area contributed by atoms with Crippen LogP contribution >= 0.6 is 0 Å². The van der Waals surface area contributed by atoms with Crippen molar-refractivity contribution >= 4 is 5.91 Å². The molecule has 5 nitrogen and oxygen atoms in total. The molecule has 2 aromatic carbocycles. The molecule has 4 atom stereocenters. The number of piperidine rings is 1. The zero-order valence-electron chi connectivity index (χ0n) is 17.2. The van der Waals surface area contributed by atoms with Gasteiger partial charge in [-0.15, -0.1) is 0 Å². The summed E-state index contributed by atoms with van der Waals surface area (Å²) < 4.78 is 5.96. The lowest BCUT2D eigenvalue weighted by Crippen LogP contribution is -2.60. The Balaban J connectivity index is 1.66. The molecule has 2 aliphatic rings. The number of phenolic OH excluding ortho intramolecular Hbond substituents is 1. The maximum absolute atomic E-state index is 12.8. The van der Waals surface area contributed by atoms with E-state index in [0.29, 0.717) is 17.2 Å². The standard InChI is InChI=1S/C24H30N2O3/c1-26-12-11-24(18-9-6-10-20(27)13-18)15-19(14-22(29-2)21(24)16-26)25-23(28)17-7-4-3-5-8-17/h3-10,13,19,21-22,27H,11-12,14-16H2,1-2H3,(H,25,28)/t19-,21?,22?,24?/m1/s1. The molecule has 1 saturated heterocycles. The fourth-order valence-corrected chi connectivity index (χ4v) is 5.39. The zero-order valence-corrected chi connectivity index (χ0v) is 17.2. The lowest BCUT2D eigenvalue weighted by atomic mass is 9.57. The van der Waals surface area contributed by atoms with Gasteiger partial charge in [-0.2, -0.15) is 0 Å². The Morgan fingerprint density at radius 2 is 2.00 bits per heavy atom. The average molecular weight is 395 g/mol. The number of nitrogens with zero attached hydrogens (tertiary/aromatic N) is 1. The molecular weight excluding hydrogens is 364 g/mol. The number of likely N-dealkylation sites (tertiary alicyclic amines) is 1. The van der Waals surface area contributed by atoms with Gasteiger partial charge in [-0.05, 0) is 62.7 Å². The molecule has 0 radical (unpaired) electrons. The highest BCUT2D eigenvalue weighted by molar-refractivity contribution is 5.94. The maximum atomic E-state index is 12.8. The van der Waals surface area contributed by atoms with Crippen LogP contribution < -0.4 is 5.32 Å². The van der Waals surface area contributed by atoms with Gasteiger partial charge in [-0.3, -0.25) is 4.79 Å². The number of phenols is 1. The number of benzene rings is 2. The van der Waals surface area contributed by atoms with E-state index in [1.165, 1.54) is 0 Å². The third-order valence-electron chi connectivity index (χ3n) is 6.83. The highest BCUT2D eigenvalue weighted by atomic mass is 16.5. The minimum Gasteiger partial charge on any atom is -0.508 e. The first-order valence-corrected chi connectivity index (χ1v) is 10.4. The first-order chi connectivity index (χ1) is 14.0. The Bertz CT molecular complexity index is 856. The fraction of sp³-hybridized carbons (Fsp3) is 0.458. The van der Waals surface area contributed by atoms with Crippen LogP contribution in [0.2, 0.25) is 0 Å². The van der Waals surface area contributed by atoms with Gasteiger partial charge in [0.2, 0.25) is 0 Å². The van der Waals surface area contributed by atoms with E-state index in [4.69, 9.17) is 4.74 Å². The number of ether oxygens (including phenoxy) is 1. The van der Waals surface area contributed by atoms with Gasteiger partial charge in [0.25, 0.3) is 5.91 Å². The summed E-state index contributed by atoms with van der Waals surface area (Å²) in [5, 5.41) is 13.4. The molecule has 2 fully saturated rings. The van der Waals surface area contributed by atoms with Crippen LogP contribution in [0, 0.1) is 5.92 Å². The zero-order chi connectivity index (χ0) is 20.4. The number of hydrogen-bond acceptors (Lipinski definition) is 4. The van der Waals surface area contributed by atoms with Gasteiger partial charge in [-0.25, -0.2) is 0 Å². The van der Waals surface area contributed by atoms with Crippen molar-refractivity contribution in [1.82, 2.24) is 10.2 Å². The molecule has 5 heteroatoms. The SMILES string of the molecule is COC1C[C@@H](NC(=O)c2ccccc2)CC2(c3cccc(O)c3)CCN(C)CC12. The summed E-state index contributed by atoms with van der Waals surface area (Å²) in [6, 6.07) is 17.0. The van der Waals surface area contributed by atoms with Crippen molar-refractivity contribution in [2.75, 3.05) is 27.2 Å². The van der Waals surface area contributed by atoms with E-state index in [-0.39, 0.29) is 23.5 Å². The van der Waals surface area contributed by atoms with Gasteiger partial charge >= 0.3 is 0 Å². The minimum absolute atomic E-state index is 0.0228. The Morgan fingerprint density at radius 1 is 1.21 bits per heavy atom. The van der Waals surface area contributed by atoms with E-state index in [9.17, 15) is 9.90 Å². The van der Waals surface area contributed by atoms with E-state index in [1.54, 1.807) is 13.2 Å². The summed E-state index contributed by atoms with van der Waals surface area (Å²) in [5.74, 6) is 0.569. The molecule has 154 valence electrons. The molecular formula is C24H30N2O3. The van der Waals surface area contributed by atoms with Crippen LogP contribution in [0.5, 0.6) is 5.75 Å². The van der Waals surface area contributed by atoms with Crippen LogP contribution in [-0.4, -0.2) is 55.3 Å². The third kappa shape index (κ3) is 3.89. The molecule has 4 rings (SSSR count). The fourth-order valence-electron chi connectivity index (χ4n) is 5.39. The molecule has 0 aromatic heterocycles. The predicted molar refractivity (Wildman–Crippen MR) is 113 cm³/mol. The molecule has 1 aliphatic carbocycles. The van der Waals surface area contributed by atoms with Gasteiger partial charge in [0.05, 0.1) is 6.10 Å². The Kier molecular flexibility index (Phi) is 5.61. The molecule has 29 heavy (non-hydrogen) atoms. The normalized spacial score (nSPS) is 29.8.